The minimum absolute atomic E-state index is 0.0563. The van der Waals surface area contributed by atoms with Crippen LogP contribution in [0.2, 0.25) is 0 Å². The molecule has 0 radical (unpaired) electrons. The van der Waals surface area contributed by atoms with Crippen LogP contribution in [0, 0.1) is 5.82 Å². The van der Waals surface area contributed by atoms with Crippen LogP contribution in [-0.4, -0.2) is 24.5 Å². The first kappa shape index (κ1) is 13.8. The molecular formula is C14H20FNOS. The number of hydrogen-bond donors (Lipinski definition) is 1. The molecule has 0 aromatic heterocycles. The first-order valence-electron chi connectivity index (χ1n) is 6.43. The van der Waals surface area contributed by atoms with Gasteiger partial charge >= 0.3 is 0 Å². The van der Waals surface area contributed by atoms with E-state index < -0.39 is 0 Å². The average molecular weight is 269 g/mol. The molecule has 1 heterocycles. The molecular weight excluding hydrogens is 249 g/mol. The van der Waals surface area contributed by atoms with Crippen molar-refractivity contribution >= 4 is 11.8 Å². The third-order valence-corrected chi connectivity index (χ3v) is 4.48. The van der Waals surface area contributed by atoms with Gasteiger partial charge in [0.05, 0.1) is 0 Å². The SMILES string of the molecule is CC(N)Cc1cc(F)ccc1SC1CCOCC1. The molecule has 2 N–H and O–H groups in total. The number of hydrogen-bond acceptors (Lipinski definition) is 3. The first-order valence-corrected chi connectivity index (χ1v) is 7.31. The standard InChI is InChI=1S/C14H20FNOS/c1-10(16)8-11-9-12(15)2-3-14(11)18-13-4-6-17-7-5-13/h2-3,9-10,13H,4-8,16H2,1H3. The summed E-state index contributed by atoms with van der Waals surface area (Å²) in [5.41, 5.74) is 6.85. The number of nitrogens with two attached hydrogens (primary N) is 1. The van der Waals surface area contributed by atoms with Crippen LogP contribution < -0.4 is 5.73 Å². The van der Waals surface area contributed by atoms with Crippen LogP contribution in [0.3, 0.4) is 0 Å². The van der Waals surface area contributed by atoms with E-state index in [1.165, 1.54) is 11.0 Å². The van der Waals surface area contributed by atoms with Gasteiger partial charge in [-0.2, -0.15) is 0 Å². The lowest BCUT2D eigenvalue weighted by molar-refractivity contribution is 0.1000. The number of rotatable bonds is 4. The zero-order valence-electron chi connectivity index (χ0n) is 10.7. The van der Waals surface area contributed by atoms with Crippen molar-refractivity contribution in [3.8, 4) is 0 Å². The van der Waals surface area contributed by atoms with Crippen LogP contribution >= 0.6 is 11.8 Å². The second-order valence-corrected chi connectivity index (χ2v) is 6.21. The van der Waals surface area contributed by atoms with E-state index in [4.69, 9.17) is 10.5 Å². The first-order chi connectivity index (χ1) is 8.65. The topological polar surface area (TPSA) is 35.2 Å². The lowest BCUT2D eigenvalue weighted by Crippen LogP contribution is -2.20. The maximum absolute atomic E-state index is 13.3. The lowest BCUT2D eigenvalue weighted by atomic mass is 10.1. The van der Waals surface area contributed by atoms with Crippen molar-refractivity contribution < 1.29 is 9.13 Å². The third-order valence-electron chi connectivity index (χ3n) is 3.03. The summed E-state index contributed by atoms with van der Waals surface area (Å²) in [4.78, 5) is 1.17. The highest BCUT2D eigenvalue weighted by atomic mass is 32.2. The molecule has 0 bridgehead atoms. The highest BCUT2D eigenvalue weighted by Gasteiger charge is 2.17. The highest BCUT2D eigenvalue weighted by molar-refractivity contribution is 8.00. The monoisotopic (exact) mass is 269 g/mol. The molecule has 2 rings (SSSR count). The summed E-state index contributed by atoms with van der Waals surface area (Å²) in [5, 5.41) is 0.580. The molecule has 1 saturated heterocycles. The minimum atomic E-state index is -0.179. The number of ether oxygens (including phenoxy) is 1. The van der Waals surface area contributed by atoms with Gasteiger partial charge in [0.1, 0.15) is 5.82 Å². The van der Waals surface area contributed by atoms with E-state index >= 15 is 0 Å². The van der Waals surface area contributed by atoms with Crippen molar-refractivity contribution in [2.75, 3.05) is 13.2 Å². The summed E-state index contributed by atoms with van der Waals surface area (Å²) in [7, 11) is 0. The predicted octanol–water partition coefficient (Wildman–Crippen LogP) is 2.99. The van der Waals surface area contributed by atoms with Crippen LogP contribution in [0.25, 0.3) is 0 Å². The van der Waals surface area contributed by atoms with Gasteiger partial charge in [-0.3, -0.25) is 0 Å². The summed E-state index contributed by atoms with van der Waals surface area (Å²) in [5.74, 6) is -0.179. The van der Waals surface area contributed by atoms with Gasteiger partial charge in [0.15, 0.2) is 0 Å². The molecule has 1 aliphatic rings. The maximum atomic E-state index is 13.3. The Kier molecular flexibility index (Phi) is 5.03. The molecule has 18 heavy (non-hydrogen) atoms. The molecule has 1 aromatic rings. The molecule has 1 unspecified atom stereocenters. The Morgan fingerprint density at radius 1 is 1.44 bits per heavy atom. The minimum Gasteiger partial charge on any atom is -0.381 e. The van der Waals surface area contributed by atoms with Crippen molar-refractivity contribution in [3.63, 3.8) is 0 Å². The number of thioether (sulfide) groups is 1. The van der Waals surface area contributed by atoms with Crippen LogP contribution in [0.1, 0.15) is 25.3 Å². The summed E-state index contributed by atoms with van der Waals surface area (Å²) >= 11 is 1.84. The Hall–Kier alpha value is -0.580. The van der Waals surface area contributed by atoms with Crippen LogP contribution in [0.15, 0.2) is 23.1 Å². The van der Waals surface area contributed by atoms with Gasteiger partial charge in [0, 0.05) is 29.4 Å². The fraction of sp³-hybridized carbons (Fsp3) is 0.571. The van der Waals surface area contributed by atoms with Crippen molar-refractivity contribution in [3.05, 3.63) is 29.6 Å². The van der Waals surface area contributed by atoms with Gasteiger partial charge in [-0.05, 0) is 49.9 Å². The quantitative estimate of drug-likeness (QED) is 0.912. The Bertz CT molecular complexity index is 391. The molecule has 1 atom stereocenters. The van der Waals surface area contributed by atoms with E-state index in [-0.39, 0.29) is 11.9 Å². The Labute approximate surface area is 112 Å². The molecule has 0 spiro atoms. The fourth-order valence-electron chi connectivity index (χ4n) is 2.14. The van der Waals surface area contributed by atoms with E-state index in [0.29, 0.717) is 5.25 Å². The van der Waals surface area contributed by atoms with Crippen molar-refractivity contribution in [1.29, 1.82) is 0 Å². The molecule has 0 saturated carbocycles. The Morgan fingerprint density at radius 2 is 2.17 bits per heavy atom. The molecule has 0 aliphatic carbocycles. The van der Waals surface area contributed by atoms with E-state index in [1.54, 1.807) is 6.07 Å². The Morgan fingerprint density at radius 3 is 2.83 bits per heavy atom. The predicted molar refractivity (Wildman–Crippen MR) is 73.5 cm³/mol. The van der Waals surface area contributed by atoms with Crippen molar-refractivity contribution in [2.24, 2.45) is 5.73 Å². The average Bonchev–Trinajstić information content (AvgIpc) is 2.33. The van der Waals surface area contributed by atoms with Crippen LogP contribution in [-0.2, 0) is 11.2 Å². The zero-order valence-corrected chi connectivity index (χ0v) is 11.5. The summed E-state index contributed by atoms with van der Waals surface area (Å²) in [6.07, 6.45) is 2.86. The molecule has 0 amide bonds. The van der Waals surface area contributed by atoms with Gasteiger partial charge < -0.3 is 10.5 Å². The molecule has 1 fully saturated rings. The fourth-order valence-corrected chi connectivity index (χ4v) is 3.37. The summed E-state index contributed by atoms with van der Waals surface area (Å²) in [6, 6.07) is 5.09. The third kappa shape index (κ3) is 3.97. The summed E-state index contributed by atoms with van der Waals surface area (Å²) in [6.45, 7) is 3.62. The highest BCUT2D eigenvalue weighted by Crippen LogP contribution is 2.32. The van der Waals surface area contributed by atoms with E-state index in [0.717, 1.165) is 38.0 Å². The van der Waals surface area contributed by atoms with Crippen molar-refractivity contribution in [1.82, 2.24) is 0 Å². The van der Waals surface area contributed by atoms with E-state index in [1.807, 2.05) is 24.8 Å². The maximum Gasteiger partial charge on any atom is 0.123 e. The van der Waals surface area contributed by atoms with Gasteiger partial charge in [-0.25, -0.2) is 4.39 Å². The summed E-state index contributed by atoms with van der Waals surface area (Å²) < 4.78 is 18.7. The zero-order chi connectivity index (χ0) is 13.0. The molecule has 100 valence electrons. The van der Waals surface area contributed by atoms with Gasteiger partial charge in [-0.1, -0.05) is 0 Å². The van der Waals surface area contributed by atoms with Crippen LogP contribution in [0.5, 0.6) is 0 Å². The lowest BCUT2D eigenvalue weighted by Gasteiger charge is -2.23. The van der Waals surface area contributed by atoms with Gasteiger partial charge in [-0.15, -0.1) is 11.8 Å². The second kappa shape index (κ2) is 6.55. The smallest absolute Gasteiger partial charge is 0.123 e. The van der Waals surface area contributed by atoms with E-state index in [9.17, 15) is 4.39 Å². The molecule has 1 aromatic carbocycles. The number of halogens is 1. The molecule has 1 aliphatic heterocycles. The Balaban J connectivity index is 2.09. The normalized spacial score (nSPS) is 18.8. The van der Waals surface area contributed by atoms with Crippen molar-refractivity contribution in [2.45, 2.75) is 42.4 Å². The van der Waals surface area contributed by atoms with Gasteiger partial charge in [0.25, 0.3) is 0 Å². The molecule has 4 heteroatoms. The van der Waals surface area contributed by atoms with E-state index in [2.05, 4.69) is 0 Å². The second-order valence-electron chi connectivity index (χ2n) is 4.86. The van der Waals surface area contributed by atoms with Crippen LogP contribution in [0.4, 0.5) is 4.39 Å². The largest absolute Gasteiger partial charge is 0.381 e. The van der Waals surface area contributed by atoms with Gasteiger partial charge in [0.2, 0.25) is 0 Å². The number of benzene rings is 1. The molecule has 2 nitrogen and oxygen atoms in total.